The van der Waals surface area contributed by atoms with Gasteiger partial charge in [0.2, 0.25) is 0 Å². The molecule has 22 heavy (non-hydrogen) atoms. The van der Waals surface area contributed by atoms with Gasteiger partial charge in [-0.3, -0.25) is 9.79 Å². The quantitative estimate of drug-likeness (QED) is 0.700. The summed E-state index contributed by atoms with van der Waals surface area (Å²) in [4.78, 5) is 19.8. The Bertz CT molecular complexity index is 777. The highest BCUT2D eigenvalue weighted by Crippen LogP contribution is 2.20. The zero-order chi connectivity index (χ0) is 15.2. The molecule has 2 N–H and O–H groups in total. The molecule has 0 aliphatic heterocycles. The van der Waals surface area contributed by atoms with Crippen LogP contribution in [-0.2, 0) is 0 Å². The highest BCUT2D eigenvalue weighted by atomic mass is 16.1. The number of aromatic nitrogens is 1. The number of aliphatic imine (C=N–C) groups is 1. The molecule has 1 aromatic heterocycles. The average molecular weight is 289 g/mol. The van der Waals surface area contributed by atoms with Gasteiger partial charge in [0.1, 0.15) is 0 Å². The molecule has 0 atom stereocenters. The number of H-pyrrole nitrogens is 1. The summed E-state index contributed by atoms with van der Waals surface area (Å²) in [5.41, 5.74) is 2.81. The molecule has 2 aromatic carbocycles. The third-order valence-corrected chi connectivity index (χ3v) is 3.15. The van der Waals surface area contributed by atoms with Crippen molar-refractivity contribution in [3.05, 3.63) is 84.2 Å². The smallest absolute Gasteiger partial charge is 0.257 e. The molecule has 0 radical (unpaired) electrons. The first-order valence-electron chi connectivity index (χ1n) is 6.96. The second-order valence-corrected chi connectivity index (χ2v) is 4.72. The molecule has 4 heteroatoms. The van der Waals surface area contributed by atoms with Crippen molar-refractivity contribution < 1.29 is 4.79 Å². The van der Waals surface area contributed by atoms with Gasteiger partial charge in [-0.25, -0.2) is 0 Å². The van der Waals surface area contributed by atoms with Crippen molar-refractivity contribution in [3.63, 3.8) is 0 Å². The Morgan fingerprint density at radius 1 is 0.955 bits per heavy atom. The second kappa shape index (κ2) is 6.54. The van der Waals surface area contributed by atoms with Gasteiger partial charge in [-0.05, 0) is 36.4 Å². The minimum atomic E-state index is -0.176. The van der Waals surface area contributed by atoms with E-state index in [4.69, 9.17) is 0 Å². The van der Waals surface area contributed by atoms with E-state index >= 15 is 0 Å². The van der Waals surface area contributed by atoms with Crippen LogP contribution in [0.2, 0.25) is 0 Å². The largest absolute Gasteiger partial charge is 0.360 e. The number of carbonyl (C=O) groups excluding carboxylic acids is 1. The maximum absolute atomic E-state index is 12.4. The normalized spacial score (nSPS) is 10.7. The van der Waals surface area contributed by atoms with Crippen molar-refractivity contribution in [2.75, 3.05) is 5.32 Å². The first-order chi connectivity index (χ1) is 10.8. The summed E-state index contributed by atoms with van der Waals surface area (Å²) in [7, 11) is 0. The van der Waals surface area contributed by atoms with Crippen LogP contribution < -0.4 is 5.32 Å². The molecule has 1 heterocycles. The van der Waals surface area contributed by atoms with Crippen molar-refractivity contribution in [1.29, 1.82) is 0 Å². The molecule has 0 bridgehead atoms. The number of nitrogens with one attached hydrogen (secondary N) is 2. The third-order valence-electron chi connectivity index (χ3n) is 3.15. The highest BCUT2D eigenvalue weighted by molar-refractivity contribution is 6.08. The van der Waals surface area contributed by atoms with Crippen LogP contribution in [-0.4, -0.2) is 17.1 Å². The first-order valence-corrected chi connectivity index (χ1v) is 6.96. The zero-order valence-corrected chi connectivity index (χ0v) is 11.9. The van der Waals surface area contributed by atoms with Crippen LogP contribution in [0.15, 0.2) is 77.9 Å². The summed E-state index contributed by atoms with van der Waals surface area (Å²) in [6.07, 6.45) is 3.53. The summed E-state index contributed by atoms with van der Waals surface area (Å²) < 4.78 is 0. The van der Waals surface area contributed by atoms with Crippen LogP contribution in [0.3, 0.4) is 0 Å². The van der Waals surface area contributed by atoms with Gasteiger partial charge in [0.05, 0.1) is 23.2 Å². The summed E-state index contributed by atoms with van der Waals surface area (Å²) in [5.74, 6) is -0.176. The van der Waals surface area contributed by atoms with E-state index in [1.54, 1.807) is 12.3 Å². The lowest BCUT2D eigenvalue weighted by Gasteiger charge is -2.07. The topological polar surface area (TPSA) is 57.2 Å². The van der Waals surface area contributed by atoms with Crippen LogP contribution >= 0.6 is 0 Å². The van der Waals surface area contributed by atoms with E-state index < -0.39 is 0 Å². The van der Waals surface area contributed by atoms with Crippen molar-refractivity contribution in [3.8, 4) is 0 Å². The fraction of sp³-hybridized carbons (Fsp3) is 0. The molecular formula is C18H15N3O. The Hall–Kier alpha value is -3.14. The molecule has 1 amide bonds. The molecule has 0 fully saturated rings. The van der Waals surface area contributed by atoms with E-state index in [-0.39, 0.29) is 5.91 Å². The predicted molar refractivity (Wildman–Crippen MR) is 88.9 cm³/mol. The Kier molecular flexibility index (Phi) is 4.11. The number of amides is 1. The number of carbonyl (C=O) groups is 1. The van der Waals surface area contributed by atoms with Gasteiger partial charge < -0.3 is 10.3 Å². The van der Waals surface area contributed by atoms with E-state index in [0.29, 0.717) is 11.3 Å². The van der Waals surface area contributed by atoms with Gasteiger partial charge in [0, 0.05) is 11.9 Å². The number of rotatable bonds is 4. The minimum absolute atomic E-state index is 0.176. The molecule has 0 unspecified atom stereocenters. The van der Waals surface area contributed by atoms with Crippen LogP contribution in [0.25, 0.3) is 0 Å². The number of benzene rings is 2. The molecule has 3 aromatic rings. The predicted octanol–water partition coefficient (Wildman–Crippen LogP) is 4.02. The van der Waals surface area contributed by atoms with E-state index in [9.17, 15) is 4.79 Å². The van der Waals surface area contributed by atoms with E-state index in [1.165, 1.54) is 0 Å². The number of anilines is 1. The molecule has 3 rings (SSSR count). The van der Waals surface area contributed by atoms with Gasteiger partial charge in [-0.15, -0.1) is 0 Å². The Morgan fingerprint density at radius 3 is 2.50 bits per heavy atom. The van der Waals surface area contributed by atoms with Crippen LogP contribution in [0.5, 0.6) is 0 Å². The van der Waals surface area contributed by atoms with E-state index in [1.807, 2.05) is 66.9 Å². The maximum Gasteiger partial charge on any atom is 0.257 e. The second-order valence-electron chi connectivity index (χ2n) is 4.72. The van der Waals surface area contributed by atoms with E-state index in [2.05, 4.69) is 15.3 Å². The lowest BCUT2D eigenvalue weighted by molar-refractivity contribution is 0.102. The number of nitrogens with zero attached hydrogens (tertiary/aromatic N) is 1. The lowest BCUT2D eigenvalue weighted by Crippen LogP contribution is -2.11. The lowest BCUT2D eigenvalue weighted by atomic mass is 10.1. The molecule has 0 aliphatic carbocycles. The van der Waals surface area contributed by atoms with Crippen molar-refractivity contribution in [1.82, 2.24) is 4.98 Å². The van der Waals surface area contributed by atoms with Gasteiger partial charge in [0.25, 0.3) is 5.91 Å². The average Bonchev–Trinajstić information content (AvgIpc) is 3.07. The molecule has 108 valence electrons. The summed E-state index contributed by atoms with van der Waals surface area (Å²) in [6.45, 7) is 0. The minimum Gasteiger partial charge on any atom is -0.360 e. The highest BCUT2D eigenvalue weighted by Gasteiger charge is 2.10. The molecule has 4 nitrogen and oxygen atoms in total. The molecule has 0 spiro atoms. The van der Waals surface area contributed by atoms with Gasteiger partial charge in [0.15, 0.2) is 0 Å². The van der Waals surface area contributed by atoms with Gasteiger partial charge >= 0.3 is 0 Å². The number of hydrogen-bond donors (Lipinski definition) is 2. The Labute approximate surface area is 128 Å². The number of para-hydroxylation sites is 2. The van der Waals surface area contributed by atoms with Crippen molar-refractivity contribution >= 4 is 23.5 Å². The fourth-order valence-electron chi connectivity index (χ4n) is 2.06. The molecule has 0 saturated carbocycles. The van der Waals surface area contributed by atoms with Crippen LogP contribution in [0, 0.1) is 0 Å². The summed E-state index contributed by atoms with van der Waals surface area (Å²) in [6, 6.07) is 20.4. The Balaban J connectivity index is 1.83. The standard InChI is InChI=1S/C18H15N3O/c22-18(21-14-7-2-1-3-8-14)16-10-4-5-11-17(16)20-13-15-9-6-12-19-15/h1-13,19H,(H,21,22). The zero-order valence-electron chi connectivity index (χ0n) is 11.9. The molecule has 0 aliphatic rings. The summed E-state index contributed by atoms with van der Waals surface area (Å²) >= 11 is 0. The SMILES string of the molecule is O=C(Nc1ccccc1)c1ccccc1N=Cc1ccc[nH]1. The third kappa shape index (κ3) is 3.30. The number of aromatic amines is 1. The summed E-state index contributed by atoms with van der Waals surface area (Å²) in [5, 5.41) is 2.87. The first kappa shape index (κ1) is 13.8. The van der Waals surface area contributed by atoms with Gasteiger partial charge in [-0.2, -0.15) is 0 Å². The molecular weight excluding hydrogens is 274 g/mol. The monoisotopic (exact) mass is 289 g/mol. The van der Waals surface area contributed by atoms with Crippen molar-refractivity contribution in [2.24, 2.45) is 4.99 Å². The maximum atomic E-state index is 12.4. The van der Waals surface area contributed by atoms with E-state index in [0.717, 1.165) is 11.4 Å². The number of hydrogen-bond acceptors (Lipinski definition) is 2. The van der Waals surface area contributed by atoms with Crippen LogP contribution in [0.4, 0.5) is 11.4 Å². The Morgan fingerprint density at radius 2 is 1.73 bits per heavy atom. The fourth-order valence-corrected chi connectivity index (χ4v) is 2.06. The molecule has 0 saturated heterocycles. The van der Waals surface area contributed by atoms with Gasteiger partial charge in [-0.1, -0.05) is 30.3 Å². The van der Waals surface area contributed by atoms with Crippen molar-refractivity contribution in [2.45, 2.75) is 0 Å². The van der Waals surface area contributed by atoms with Crippen LogP contribution in [0.1, 0.15) is 16.1 Å².